The summed E-state index contributed by atoms with van der Waals surface area (Å²) in [5.74, 6) is -0.123. The Bertz CT molecular complexity index is 1390. The van der Waals surface area contributed by atoms with Crippen molar-refractivity contribution in [2.45, 2.75) is 33.1 Å². The van der Waals surface area contributed by atoms with E-state index in [1.54, 1.807) is 23.1 Å². The number of aromatic hydroxyl groups is 1. The number of hydrogen-bond acceptors (Lipinski definition) is 7. The lowest BCUT2D eigenvalue weighted by atomic mass is 10.1. The van der Waals surface area contributed by atoms with Gasteiger partial charge < -0.3 is 34.6 Å². The normalized spacial score (nSPS) is 11.4. The van der Waals surface area contributed by atoms with Gasteiger partial charge in [-0.05, 0) is 55.3 Å². The third-order valence-electron chi connectivity index (χ3n) is 7.11. The van der Waals surface area contributed by atoms with Gasteiger partial charge in [0.2, 0.25) is 5.91 Å². The number of H-pyrrole nitrogens is 1. The molecule has 0 aliphatic rings. The first kappa shape index (κ1) is 33.7. The molecule has 0 unspecified atom stereocenters. The van der Waals surface area contributed by atoms with Crippen LogP contribution in [-0.4, -0.2) is 101 Å². The number of likely N-dealkylation sites (N-methyl/N-ethyl adjacent to an activating group) is 1. The summed E-state index contributed by atoms with van der Waals surface area (Å²) in [6, 6.07) is 8.61. The zero-order valence-electron chi connectivity index (χ0n) is 23.9. The third kappa shape index (κ3) is 9.88. The van der Waals surface area contributed by atoms with Crippen molar-refractivity contribution in [3.63, 3.8) is 0 Å². The number of halogens is 2. The lowest BCUT2D eigenvalue weighted by Gasteiger charge is -2.29. The fraction of sp³-hybridized carbons (Fsp3) is 0.483. The number of rotatable bonds is 17. The second kappa shape index (κ2) is 16.7. The molecule has 2 aromatic carbocycles. The van der Waals surface area contributed by atoms with Gasteiger partial charge in [0.25, 0.3) is 0 Å². The molecule has 0 saturated carbocycles. The summed E-state index contributed by atoms with van der Waals surface area (Å²) < 4.78 is 6.32. The van der Waals surface area contributed by atoms with E-state index >= 15 is 0 Å². The predicted octanol–water partition coefficient (Wildman–Crippen LogP) is 4.94. The number of carbonyl (C=O) groups excluding carboxylic acids is 1. The number of thiazole rings is 1. The molecule has 0 spiro atoms. The molecule has 0 aliphatic heterocycles. The topological polar surface area (TPSA) is 126 Å². The molecule has 0 radical (unpaired) electrons. The smallest absolute Gasteiger partial charge is 0.407 e. The van der Waals surface area contributed by atoms with Crippen molar-refractivity contribution in [2.24, 2.45) is 0 Å². The van der Waals surface area contributed by atoms with Crippen LogP contribution in [0.25, 0.3) is 10.2 Å². The molecule has 0 aliphatic carbocycles. The van der Waals surface area contributed by atoms with E-state index in [4.69, 9.17) is 27.9 Å². The summed E-state index contributed by atoms with van der Waals surface area (Å²) in [5, 5.41) is 20.9. The maximum atomic E-state index is 13.2. The Labute approximate surface area is 259 Å². The van der Waals surface area contributed by atoms with Crippen LogP contribution in [-0.2, 0) is 22.4 Å². The number of carboxylic acid groups (broad SMARTS) is 1. The maximum absolute atomic E-state index is 13.2. The number of nitrogens with zero attached hydrogens (tertiary/aromatic N) is 3. The van der Waals surface area contributed by atoms with E-state index in [9.17, 15) is 24.6 Å². The van der Waals surface area contributed by atoms with Crippen LogP contribution in [0.5, 0.6) is 5.75 Å². The number of ether oxygens (including phenoxy) is 1. The molecule has 10 nitrogen and oxygen atoms in total. The lowest BCUT2D eigenvalue weighted by Crippen LogP contribution is -2.44. The summed E-state index contributed by atoms with van der Waals surface area (Å²) in [4.78, 5) is 44.6. The summed E-state index contributed by atoms with van der Waals surface area (Å²) in [5.41, 5.74) is 2.12. The number of carbonyl (C=O) groups is 2. The van der Waals surface area contributed by atoms with Gasteiger partial charge in [-0.15, -0.1) is 0 Å². The Morgan fingerprint density at radius 3 is 2.33 bits per heavy atom. The van der Waals surface area contributed by atoms with Gasteiger partial charge in [0, 0.05) is 32.7 Å². The first-order valence-electron chi connectivity index (χ1n) is 14.0. The molecule has 1 heterocycles. The van der Waals surface area contributed by atoms with E-state index in [1.165, 1.54) is 11.0 Å². The molecule has 230 valence electrons. The van der Waals surface area contributed by atoms with Gasteiger partial charge in [-0.25, -0.2) is 4.79 Å². The monoisotopic (exact) mass is 640 g/mol. The van der Waals surface area contributed by atoms with E-state index in [0.717, 1.165) is 35.6 Å². The number of fused-ring (bicyclic) bond motifs is 1. The highest BCUT2D eigenvalue weighted by molar-refractivity contribution is 7.16. The Morgan fingerprint density at radius 2 is 1.64 bits per heavy atom. The summed E-state index contributed by atoms with van der Waals surface area (Å²) in [6.45, 7) is 8.23. The molecule has 42 heavy (non-hydrogen) atoms. The maximum Gasteiger partial charge on any atom is 0.407 e. The molecule has 2 amide bonds. The highest BCUT2D eigenvalue weighted by Gasteiger charge is 2.19. The first-order chi connectivity index (χ1) is 20.1. The number of hydrogen-bond donors (Lipinski definition) is 3. The summed E-state index contributed by atoms with van der Waals surface area (Å²) in [6.07, 6.45) is 0.0906. The van der Waals surface area contributed by atoms with Gasteiger partial charge in [0.05, 0.1) is 34.4 Å². The second-order valence-corrected chi connectivity index (χ2v) is 11.5. The Kier molecular flexibility index (Phi) is 13.4. The van der Waals surface area contributed by atoms with Crippen molar-refractivity contribution in [1.82, 2.24) is 19.7 Å². The average molecular weight is 642 g/mol. The largest absolute Gasteiger partial charge is 0.506 e. The van der Waals surface area contributed by atoms with Crippen LogP contribution in [0, 0.1) is 0 Å². The van der Waals surface area contributed by atoms with Gasteiger partial charge in [-0.2, -0.15) is 0 Å². The highest BCUT2D eigenvalue weighted by atomic mass is 35.5. The van der Waals surface area contributed by atoms with Crippen LogP contribution in [0.15, 0.2) is 35.1 Å². The molecule has 0 bridgehead atoms. The van der Waals surface area contributed by atoms with Crippen molar-refractivity contribution in [2.75, 3.05) is 59.0 Å². The Balaban J connectivity index is 1.56. The first-order valence-corrected chi connectivity index (χ1v) is 15.5. The zero-order chi connectivity index (χ0) is 30.6. The van der Waals surface area contributed by atoms with Crippen molar-refractivity contribution >= 4 is 56.8 Å². The van der Waals surface area contributed by atoms with Gasteiger partial charge in [-0.3, -0.25) is 9.59 Å². The Morgan fingerprint density at radius 1 is 0.929 bits per heavy atom. The van der Waals surface area contributed by atoms with Crippen LogP contribution in [0.1, 0.15) is 31.4 Å². The van der Waals surface area contributed by atoms with Crippen molar-refractivity contribution in [3.8, 4) is 5.75 Å². The number of nitrogens with one attached hydrogen (secondary N) is 1. The molecule has 13 heteroatoms. The molecule has 0 atom stereocenters. The van der Waals surface area contributed by atoms with E-state index < -0.39 is 6.09 Å². The molecule has 3 aromatic rings. The summed E-state index contributed by atoms with van der Waals surface area (Å²) >= 11 is 13.0. The number of phenolic OH excluding ortho intramolecular Hbond substituents is 1. The quantitative estimate of drug-likeness (QED) is 0.178. The van der Waals surface area contributed by atoms with Crippen LogP contribution in [0.3, 0.4) is 0 Å². The molecular formula is C29H38Cl2N4O6S. The fourth-order valence-corrected chi connectivity index (χ4v) is 5.76. The minimum absolute atomic E-state index is 0.0251. The Hall–Kier alpha value is -2.83. The van der Waals surface area contributed by atoms with E-state index in [2.05, 4.69) is 23.7 Å². The minimum atomic E-state index is -1.09. The summed E-state index contributed by atoms with van der Waals surface area (Å²) in [7, 11) is 0. The lowest BCUT2D eigenvalue weighted by molar-refractivity contribution is -0.132. The number of phenols is 1. The van der Waals surface area contributed by atoms with Crippen molar-refractivity contribution in [3.05, 3.63) is 61.2 Å². The van der Waals surface area contributed by atoms with Crippen LogP contribution in [0.2, 0.25) is 10.0 Å². The van der Waals surface area contributed by atoms with Gasteiger partial charge in [0.1, 0.15) is 11.3 Å². The fourth-order valence-electron chi connectivity index (χ4n) is 4.54. The van der Waals surface area contributed by atoms with Crippen molar-refractivity contribution < 1.29 is 24.5 Å². The number of benzene rings is 2. The molecule has 0 saturated heterocycles. The molecule has 0 fully saturated rings. The van der Waals surface area contributed by atoms with Crippen LogP contribution >= 0.6 is 34.5 Å². The molecule has 3 rings (SSSR count). The predicted molar refractivity (Wildman–Crippen MR) is 167 cm³/mol. The van der Waals surface area contributed by atoms with Gasteiger partial charge in [-0.1, -0.05) is 60.5 Å². The van der Waals surface area contributed by atoms with E-state index in [-0.39, 0.29) is 49.2 Å². The second-order valence-electron chi connectivity index (χ2n) is 9.75. The average Bonchev–Trinajstić information content (AvgIpc) is 3.37. The van der Waals surface area contributed by atoms with E-state index in [0.29, 0.717) is 52.8 Å². The highest BCUT2D eigenvalue weighted by Crippen LogP contribution is 2.28. The van der Waals surface area contributed by atoms with Gasteiger partial charge in [0.15, 0.2) is 0 Å². The standard InChI is InChI=1S/C29H38Cl2N4O6S/c1-3-33(4-2)13-14-34(25(37)11-18-41-17-10-20-5-7-22(30)23(31)19-20)15-16-35(29(39)40)12-9-21-6-8-24(36)26-27(21)42-28(38)32-26/h5-8,19,36H,3-4,9-18H2,1-2H3,(H,32,38)(H,39,40). The number of aromatic nitrogens is 1. The third-order valence-corrected chi connectivity index (χ3v) is 8.81. The number of amides is 2. The number of aromatic amines is 1. The SMILES string of the molecule is CCN(CC)CCN(CCN(CCc1ccc(O)c2[nH]c(=O)sc12)C(=O)O)C(=O)CCOCCc1ccc(Cl)c(Cl)c1. The van der Waals surface area contributed by atoms with Crippen molar-refractivity contribution in [1.29, 1.82) is 0 Å². The van der Waals surface area contributed by atoms with Gasteiger partial charge >= 0.3 is 11.0 Å². The zero-order valence-corrected chi connectivity index (χ0v) is 26.2. The molecule has 3 N–H and O–H groups in total. The molecular weight excluding hydrogens is 603 g/mol. The van der Waals surface area contributed by atoms with Crippen LogP contribution in [0.4, 0.5) is 4.79 Å². The molecule has 1 aromatic heterocycles. The van der Waals surface area contributed by atoms with Crippen LogP contribution < -0.4 is 4.87 Å². The minimum Gasteiger partial charge on any atom is -0.506 e. The van der Waals surface area contributed by atoms with E-state index in [1.807, 2.05) is 6.07 Å².